The first kappa shape index (κ1) is 14.1. The van der Waals surface area contributed by atoms with Gasteiger partial charge in [0.25, 0.3) is 0 Å². The van der Waals surface area contributed by atoms with Gasteiger partial charge in [0.05, 0.1) is 6.54 Å². The van der Waals surface area contributed by atoms with Crippen LogP contribution in [0.5, 0.6) is 0 Å². The molecule has 0 aliphatic rings. The van der Waals surface area contributed by atoms with Gasteiger partial charge in [-0.05, 0) is 6.54 Å². The molecule has 12 heavy (non-hydrogen) atoms. The molecule has 1 amide bonds. The van der Waals surface area contributed by atoms with Crippen LogP contribution >= 0.6 is 7.82 Å². The summed E-state index contributed by atoms with van der Waals surface area (Å²) in [4.78, 5) is 31.5. The van der Waals surface area contributed by atoms with Crippen molar-refractivity contribution in [2.75, 3.05) is 13.1 Å². The lowest BCUT2D eigenvalue weighted by atomic mass is 10.6. The highest BCUT2D eigenvalue weighted by Crippen LogP contribution is 2.25. The van der Waals surface area contributed by atoms with Crippen molar-refractivity contribution in [3.05, 3.63) is 0 Å². The highest BCUT2D eigenvalue weighted by molar-refractivity contribution is 7.45. The monoisotopic (exact) mass is 200 g/mol. The third-order valence-electron chi connectivity index (χ3n) is 0.549. The summed E-state index contributed by atoms with van der Waals surface area (Å²) < 4.78 is 8.88. The molecule has 0 aliphatic carbocycles. The van der Waals surface area contributed by atoms with Crippen molar-refractivity contribution >= 4 is 13.7 Å². The Balaban J connectivity index is 0. The maximum Gasteiger partial charge on any atom is 0.466 e. The molecule has 0 heterocycles. The molecule has 0 unspecified atom stereocenters. The largest absolute Gasteiger partial charge is 0.466 e. The van der Waals surface area contributed by atoms with Crippen molar-refractivity contribution in [1.29, 1.82) is 0 Å². The molecule has 8 heteroatoms. The molecule has 0 aromatic heterocycles. The second-order valence-corrected chi connectivity index (χ2v) is 2.79. The number of carbonyl (C=O) groups is 1. The third kappa shape index (κ3) is 55.5. The summed E-state index contributed by atoms with van der Waals surface area (Å²) in [7, 11) is -4.64. The van der Waals surface area contributed by atoms with Crippen LogP contribution in [0.25, 0.3) is 0 Å². The molecule has 0 aromatic rings. The summed E-state index contributed by atoms with van der Waals surface area (Å²) in [5.41, 5.74) is 4.78. The molecule has 74 valence electrons. The Labute approximate surface area is 69.8 Å². The number of nitrogens with two attached hydrogens (primary N) is 1. The van der Waals surface area contributed by atoms with E-state index in [1.165, 1.54) is 0 Å². The number of phosphoric acid groups is 1. The Morgan fingerprint density at radius 3 is 1.92 bits per heavy atom. The third-order valence-corrected chi connectivity index (χ3v) is 0.549. The Morgan fingerprint density at radius 2 is 1.83 bits per heavy atom. The number of rotatable bonds is 3. The fourth-order valence-electron chi connectivity index (χ4n) is 0.248. The van der Waals surface area contributed by atoms with Crippen molar-refractivity contribution in [2.24, 2.45) is 5.73 Å². The van der Waals surface area contributed by atoms with Gasteiger partial charge in [0.15, 0.2) is 0 Å². The van der Waals surface area contributed by atoms with Crippen molar-refractivity contribution in [1.82, 2.24) is 5.32 Å². The first-order valence-corrected chi connectivity index (χ1v) is 4.61. The normalized spacial score (nSPS) is 10.0. The van der Waals surface area contributed by atoms with Gasteiger partial charge in [0.1, 0.15) is 0 Å². The van der Waals surface area contributed by atoms with Gasteiger partial charge in [-0.3, -0.25) is 4.79 Å². The van der Waals surface area contributed by atoms with E-state index in [1.54, 1.807) is 0 Å². The first-order chi connectivity index (χ1) is 5.27. The molecule has 0 spiro atoms. The van der Waals surface area contributed by atoms with Crippen molar-refractivity contribution in [3.63, 3.8) is 0 Å². The maximum absolute atomic E-state index is 9.92. The van der Waals surface area contributed by atoms with Crippen molar-refractivity contribution < 1.29 is 24.0 Å². The topological polar surface area (TPSA) is 133 Å². The molecular formula is C4H13N2O5P. The quantitative estimate of drug-likeness (QED) is 0.340. The fraction of sp³-hybridized carbons (Fsp3) is 0.750. The minimum Gasteiger partial charge on any atom is -0.369 e. The lowest BCUT2D eigenvalue weighted by molar-refractivity contribution is -0.117. The maximum atomic E-state index is 9.92. The molecule has 7 nitrogen and oxygen atoms in total. The Hall–Kier alpha value is -0.460. The molecule has 0 saturated carbocycles. The van der Waals surface area contributed by atoms with Crippen LogP contribution in [0.4, 0.5) is 0 Å². The Morgan fingerprint density at radius 1 is 1.50 bits per heavy atom. The van der Waals surface area contributed by atoms with E-state index in [1.807, 2.05) is 6.92 Å². The molecule has 0 rings (SSSR count). The molecule has 6 N–H and O–H groups in total. The van der Waals surface area contributed by atoms with Crippen LogP contribution in [0.15, 0.2) is 0 Å². The number of nitrogens with one attached hydrogen (secondary N) is 1. The highest BCUT2D eigenvalue weighted by Gasteiger charge is 2.00. The Bertz CT molecular complexity index is 159. The van der Waals surface area contributed by atoms with Crippen LogP contribution in [0.1, 0.15) is 6.92 Å². The fourth-order valence-corrected chi connectivity index (χ4v) is 0.248. The number of hydrogen-bond acceptors (Lipinski definition) is 3. The van der Waals surface area contributed by atoms with Gasteiger partial charge < -0.3 is 25.7 Å². The summed E-state index contributed by atoms with van der Waals surface area (Å²) in [5.74, 6) is -0.304. The highest BCUT2D eigenvalue weighted by atomic mass is 31.2. The Kier molecular flexibility index (Phi) is 8.46. The lowest BCUT2D eigenvalue weighted by Gasteiger charge is -1.91. The van der Waals surface area contributed by atoms with Crippen LogP contribution in [0.3, 0.4) is 0 Å². The molecule has 0 saturated heterocycles. The SMILES string of the molecule is CCNCC(N)=O.O=P(O)(O)O. The molecule has 0 radical (unpaired) electrons. The van der Waals surface area contributed by atoms with Gasteiger partial charge in [-0.25, -0.2) is 4.57 Å². The van der Waals surface area contributed by atoms with Gasteiger partial charge in [-0.1, -0.05) is 6.92 Å². The van der Waals surface area contributed by atoms with Crippen molar-refractivity contribution in [2.45, 2.75) is 6.92 Å². The summed E-state index contributed by atoms with van der Waals surface area (Å²) >= 11 is 0. The summed E-state index contributed by atoms with van der Waals surface area (Å²) in [6, 6.07) is 0. The minimum absolute atomic E-state index is 0.288. The molecule has 0 aromatic carbocycles. The average Bonchev–Trinajstić information content (AvgIpc) is 1.79. The lowest BCUT2D eigenvalue weighted by Crippen LogP contribution is -2.28. The van der Waals surface area contributed by atoms with E-state index >= 15 is 0 Å². The zero-order valence-electron chi connectivity index (χ0n) is 6.60. The first-order valence-electron chi connectivity index (χ1n) is 3.04. The zero-order valence-corrected chi connectivity index (χ0v) is 7.49. The standard InChI is InChI=1S/C4H10N2O.H3O4P/c1-2-6-3-4(5)7;1-5(2,3)4/h6H,2-3H2,1H3,(H2,5,7);(H3,1,2,3,4). The van der Waals surface area contributed by atoms with E-state index in [-0.39, 0.29) is 12.5 Å². The predicted molar refractivity (Wildman–Crippen MR) is 42.0 cm³/mol. The van der Waals surface area contributed by atoms with E-state index in [0.717, 1.165) is 6.54 Å². The average molecular weight is 200 g/mol. The second kappa shape index (κ2) is 7.20. The molecule has 0 bridgehead atoms. The van der Waals surface area contributed by atoms with E-state index in [4.69, 9.17) is 25.0 Å². The number of primary amides is 1. The van der Waals surface area contributed by atoms with E-state index in [0.29, 0.717) is 0 Å². The molecular weight excluding hydrogens is 187 g/mol. The number of hydrogen-bond donors (Lipinski definition) is 5. The molecule has 0 aliphatic heterocycles. The van der Waals surface area contributed by atoms with Crippen LogP contribution in [0.2, 0.25) is 0 Å². The number of carbonyl (C=O) groups excluding carboxylic acids is 1. The van der Waals surface area contributed by atoms with E-state index < -0.39 is 7.82 Å². The van der Waals surface area contributed by atoms with Gasteiger partial charge >= 0.3 is 7.82 Å². The van der Waals surface area contributed by atoms with Gasteiger partial charge in [0.2, 0.25) is 5.91 Å². The zero-order chi connectivity index (χ0) is 10.2. The van der Waals surface area contributed by atoms with E-state index in [9.17, 15) is 4.79 Å². The van der Waals surface area contributed by atoms with Gasteiger partial charge in [-0.2, -0.15) is 0 Å². The van der Waals surface area contributed by atoms with Crippen LogP contribution in [0, 0.1) is 0 Å². The van der Waals surface area contributed by atoms with Crippen LogP contribution in [-0.2, 0) is 9.36 Å². The summed E-state index contributed by atoms with van der Waals surface area (Å²) in [6.45, 7) is 3.00. The minimum atomic E-state index is -4.64. The predicted octanol–water partition coefficient (Wildman–Crippen LogP) is -1.85. The van der Waals surface area contributed by atoms with E-state index in [2.05, 4.69) is 5.32 Å². The van der Waals surface area contributed by atoms with Gasteiger partial charge in [-0.15, -0.1) is 0 Å². The van der Waals surface area contributed by atoms with Crippen molar-refractivity contribution in [3.8, 4) is 0 Å². The van der Waals surface area contributed by atoms with Gasteiger partial charge in [0, 0.05) is 0 Å². The summed E-state index contributed by atoms with van der Waals surface area (Å²) in [5, 5.41) is 2.77. The smallest absolute Gasteiger partial charge is 0.369 e. The summed E-state index contributed by atoms with van der Waals surface area (Å²) in [6.07, 6.45) is 0. The molecule has 0 fully saturated rings. The number of likely N-dealkylation sites (N-methyl/N-ethyl adjacent to an activating group) is 1. The van der Waals surface area contributed by atoms with Crippen LogP contribution < -0.4 is 11.1 Å². The van der Waals surface area contributed by atoms with Crippen LogP contribution in [-0.4, -0.2) is 33.7 Å². The molecule has 0 atom stereocenters. The second-order valence-electron chi connectivity index (χ2n) is 1.76. The number of amides is 1.